The Labute approximate surface area is 131 Å². The van der Waals surface area contributed by atoms with E-state index in [4.69, 9.17) is 4.74 Å². The molecule has 2 aromatic rings. The Morgan fingerprint density at radius 2 is 1.73 bits per heavy atom. The van der Waals surface area contributed by atoms with E-state index in [0.29, 0.717) is 0 Å². The van der Waals surface area contributed by atoms with Crippen molar-refractivity contribution >= 4 is 5.91 Å². The minimum atomic E-state index is -0.420. The smallest absolute Gasteiger partial charge is 0.266 e. The number of ether oxygens (including phenoxy) is 1. The normalized spacial score (nSPS) is 20.6. The molecular formula is C19H21NO2. The van der Waals surface area contributed by atoms with Crippen molar-refractivity contribution in [2.75, 3.05) is 6.54 Å². The number of likely N-dealkylation sites (tertiary alicyclic amines) is 1. The molecule has 0 unspecified atom stereocenters. The first-order valence-electron chi connectivity index (χ1n) is 7.79. The number of hydrogen-bond acceptors (Lipinski definition) is 2. The van der Waals surface area contributed by atoms with Gasteiger partial charge in [-0.1, -0.05) is 55.0 Å². The number of nitrogens with zero attached hydrogens (tertiary/aromatic N) is 1. The van der Waals surface area contributed by atoms with E-state index in [-0.39, 0.29) is 11.9 Å². The van der Waals surface area contributed by atoms with Gasteiger partial charge in [0.15, 0.2) is 0 Å². The van der Waals surface area contributed by atoms with Gasteiger partial charge in [0.1, 0.15) is 11.8 Å². The second-order valence-electron chi connectivity index (χ2n) is 5.74. The van der Waals surface area contributed by atoms with Gasteiger partial charge in [0.25, 0.3) is 5.91 Å². The van der Waals surface area contributed by atoms with Gasteiger partial charge in [0.2, 0.25) is 6.10 Å². The Balaban J connectivity index is 1.84. The molecule has 0 bridgehead atoms. The van der Waals surface area contributed by atoms with Gasteiger partial charge in [0.05, 0.1) is 0 Å². The Morgan fingerprint density at radius 1 is 1.05 bits per heavy atom. The molecule has 1 heterocycles. The summed E-state index contributed by atoms with van der Waals surface area (Å²) in [5.41, 5.74) is 2.36. The van der Waals surface area contributed by atoms with Crippen molar-refractivity contribution in [1.29, 1.82) is 0 Å². The zero-order chi connectivity index (χ0) is 15.5. The number of aryl methyl sites for hydroxylation is 1. The SMILES string of the molecule is CCCN1C(=O)[C@@H](Oc2ccccc2)[C@H]1c1ccc(C)cc1. The first-order chi connectivity index (χ1) is 10.7. The number of carbonyl (C=O) groups excluding carboxylic acids is 1. The summed E-state index contributed by atoms with van der Waals surface area (Å²) in [7, 11) is 0. The fourth-order valence-electron chi connectivity index (χ4n) is 2.89. The average molecular weight is 295 g/mol. The van der Waals surface area contributed by atoms with Gasteiger partial charge in [-0.2, -0.15) is 0 Å². The van der Waals surface area contributed by atoms with Gasteiger partial charge < -0.3 is 9.64 Å². The van der Waals surface area contributed by atoms with Crippen LogP contribution in [0.1, 0.15) is 30.5 Å². The number of para-hydroxylation sites is 1. The molecular weight excluding hydrogens is 274 g/mol. The van der Waals surface area contributed by atoms with Gasteiger partial charge >= 0.3 is 0 Å². The number of rotatable bonds is 5. The van der Waals surface area contributed by atoms with Crippen LogP contribution in [0.2, 0.25) is 0 Å². The first-order valence-corrected chi connectivity index (χ1v) is 7.79. The van der Waals surface area contributed by atoms with Crippen LogP contribution in [-0.2, 0) is 4.79 Å². The van der Waals surface area contributed by atoms with Crippen LogP contribution in [-0.4, -0.2) is 23.5 Å². The third-order valence-corrected chi connectivity index (χ3v) is 4.04. The van der Waals surface area contributed by atoms with Gasteiger partial charge in [-0.3, -0.25) is 4.79 Å². The largest absolute Gasteiger partial charge is 0.478 e. The lowest BCUT2D eigenvalue weighted by Crippen LogP contribution is -2.61. The van der Waals surface area contributed by atoms with Crippen LogP contribution < -0.4 is 4.74 Å². The van der Waals surface area contributed by atoms with E-state index in [1.807, 2.05) is 35.2 Å². The van der Waals surface area contributed by atoms with E-state index < -0.39 is 6.10 Å². The highest BCUT2D eigenvalue weighted by atomic mass is 16.5. The number of carbonyl (C=O) groups is 1. The van der Waals surface area contributed by atoms with Crippen molar-refractivity contribution in [1.82, 2.24) is 4.90 Å². The monoisotopic (exact) mass is 295 g/mol. The molecule has 0 saturated carbocycles. The average Bonchev–Trinajstić information content (AvgIpc) is 2.55. The molecule has 0 aromatic heterocycles. The topological polar surface area (TPSA) is 29.5 Å². The zero-order valence-corrected chi connectivity index (χ0v) is 13.0. The molecule has 0 spiro atoms. The summed E-state index contributed by atoms with van der Waals surface area (Å²) in [5.74, 6) is 0.824. The zero-order valence-electron chi connectivity index (χ0n) is 13.0. The third kappa shape index (κ3) is 2.71. The summed E-state index contributed by atoms with van der Waals surface area (Å²) < 4.78 is 5.95. The van der Waals surface area contributed by atoms with Crippen LogP contribution in [0.25, 0.3) is 0 Å². The van der Waals surface area contributed by atoms with E-state index >= 15 is 0 Å². The molecule has 114 valence electrons. The predicted octanol–water partition coefficient (Wildman–Crippen LogP) is 3.74. The van der Waals surface area contributed by atoms with Gasteiger partial charge in [-0.05, 0) is 31.0 Å². The van der Waals surface area contributed by atoms with Crippen molar-refractivity contribution < 1.29 is 9.53 Å². The van der Waals surface area contributed by atoms with Crippen LogP contribution >= 0.6 is 0 Å². The quantitative estimate of drug-likeness (QED) is 0.787. The molecule has 1 amide bonds. The van der Waals surface area contributed by atoms with Crippen LogP contribution in [0.5, 0.6) is 5.75 Å². The lowest BCUT2D eigenvalue weighted by atomic mass is 9.90. The van der Waals surface area contributed by atoms with Crippen molar-refractivity contribution in [3.05, 3.63) is 65.7 Å². The Kier molecular flexibility index (Phi) is 4.14. The third-order valence-electron chi connectivity index (χ3n) is 4.04. The van der Waals surface area contributed by atoms with Crippen LogP contribution in [0.3, 0.4) is 0 Å². The van der Waals surface area contributed by atoms with Crippen molar-refractivity contribution in [2.24, 2.45) is 0 Å². The summed E-state index contributed by atoms with van der Waals surface area (Å²) >= 11 is 0. The Morgan fingerprint density at radius 3 is 2.36 bits per heavy atom. The summed E-state index contributed by atoms with van der Waals surface area (Å²) in [5, 5.41) is 0. The van der Waals surface area contributed by atoms with Crippen molar-refractivity contribution in [2.45, 2.75) is 32.4 Å². The molecule has 2 atom stereocenters. The molecule has 3 nitrogen and oxygen atoms in total. The number of amides is 1. The van der Waals surface area contributed by atoms with Crippen molar-refractivity contribution in [3.63, 3.8) is 0 Å². The van der Waals surface area contributed by atoms with Crippen LogP contribution in [0.15, 0.2) is 54.6 Å². The molecule has 3 rings (SSSR count). The minimum Gasteiger partial charge on any atom is -0.478 e. The molecule has 1 saturated heterocycles. The summed E-state index contributed by atoms with van der Waals surface area (Å²) in [6, 6.07) is 17.9. The Bertz CT molecular complexity index is 636. The van der Waals surface area contributed by atoms with E-state index in [1.54, 1.807) is 0 Å². The summed E-state index contributed by atoms with van der Waals surface area (Å²) in [6.45, 7) is 4.92. The van der Waals surface area contributed by atoms with E-state index in [0.717, 1.165) is 24.3 Å². The predicted molar refractivity (Wildman–Crippen MR) is 86.8 cm³/mol. The maximum atomic E-state index is 12.4. The summed E-state index contributed by atoms with van der Waals surface area (Å²) in [4.78, 5) is 14.3. The number of hydrogen-bond donors (Lipinski definition) is 0. The van der Waals surface area contributed by atoms with E-state index in [2.05, 4.69) is 38.1 Å². The van der Waals surface area contributed by atoms with Gasteiger partial charge in [-0.25, -0.2) is 0 Å². The van der Waals surface area contributed by atoms with Crippen LogP contribution in [0, 0.1) is 6.92 Å². The van der Waals surface area contributed by atoms with Crippen molar-refractivity contribution in [3.8, 4) is 5.75 Å². The molecule has 1 fully saturated rings. The minimum absolute atomic E-state index is 0.00764. The number of β-lactam (4-membered cyclic amide) rings is 1. The lowest BCUT2D eigenvalue weighted by molar-refractivity contribution is -0.164. The summed E-state index contributed by atoms with van der Waals surface area (Å²) in [6.07, 6.45) is 0.531. The molecule has 3 heteroatoms. The fourth-order valence-corrected chi connectivity index (χ4v) is 2.89. The molecule has 0 radical (unpaired) electrons. The molecule has 0 aliphatic carbocycles. The molecule has 22 heavy (non-hydrogen) atoms. The fraction of sp³-hybridized carbons (Fsp3) is 0.316. The second kappa shape index (κ2) is 6.22. The Hall–Kier alpha value is -2.29. The first kappa shape index (κ1) is 14.6. The highest BCUT2D eigenvalue weighted by Crippen LogP contribution is 2.37. The van der Waals surface area contributed by atoms with Crippen LogP contribution in [0.4, 0.5) is 0 Å². The maximum Gasteiger partial charge on any atom is 0.266 e. The standard InChI is InChI=1S/C19H21NO2/c1-3-13-20-17(15-11-9-14(2)10-12-15)18(19(20)21)22-16-7-5-4-6-8-16/h4-12,17-18H,3,13H2,1-2H3/t17-,18+/m1/s1. The van der Waals surface area contributed by atoms with E-state index in [1.165, 1.54) is 5.56 Å². The molecule has 2 aromatic carbocycles. The van der Waals surface area contributed by atoms with E-state index in [9.17, 15) is 4.79 Å². The molecule has 1 aliphatic rings. The van der Waals surface area contributed by atoms with Gasteiger partial charge in [0, 0.05) is 6.54 Å². The highest BCUT2D eigenvalue weighted by Gasteiger charge is 2.49. The maximum absolute atomic E-state index is 12.4. The lowest BCUT2D eigenvalue weighted by Gasteiger charge is -2.46. The van der Waals surface area contributed by atoms with Gasteiger partial charge in [-0.15, -0.1) is 0 Å². The number of benzene rings is 2. The second-order valence-corrected chi connectivity index (χ2v) is 5.74. The molecule has 0 N–H and O–H groups in total. The molecule has 1 aliphatic heterocycles. The highest BCUT2D eigenvalue weighted by molar-refractivity contribution is 5.89.